The molecule has 5 nitrogen and oxygen atoms in total. The summed E-state index contributed by atoms with van der Waals surface area (Å²) in [7, 11) is 0. The van der Waals surface area contributed by atoms with Crippen LogP contribution in [-0.2, 0) is 11.3 Å². The summed E-state index contributed by atoms with van der Waals surface area (Å²) in [6.07, 6.45) is 2.04. The van der Waals surface area contributed by atoms with Crippen LogP contribution in [0.25, 0.3) is 0 Å². The molecule has 0 bridgehead atoms. The van der Waals surface area contributed by atoms with E-state index in [0.29, 0.717) is 28.1 Å². The number of piperidine rings is 1. The van der Waals surface area contributed by atoms with Gasteiger partial charge in [0.25, 0.3) is 5.91 Å². The zero-order chi connectivity index (χ0) is 22.4. The van der Waals surface area contributed by atoms with E-state index < -0.39 is 6.04 Å². The van der Waals surface area contributed by atoms with E-state index in [4.69, 9.17) is 34.8 Å². The Hall–Kier alpha value is -1.79. The molecule has 1 fully saturated rings. The monoisotopic (exact) mass is 481 g/mol. The Morgan fingerprint density at radius 2 is 1.81 bits per heavy atom. The van der Waals surface area contributed by atoms with Crippen LogP contribution in [0.4, 0.5) is 0 Å². The molecule has 0 aliphatic carbocycles. The van der Waals surface area contributed by atoms with Crippen LogP contribution in [-0.4, -0.2) is 42.4 Å². The SMILES string of the molecule is C[C@H](NC(=O)c1ccc(Cl)c(Cl)c1)C(=O)NCC1CCN(Cc2cccc(Cl)c2)CC1. The Labute approximate surface area is 198 Å². The van der Waals surface area contributed by atoms with Crippen molar-refractivity contribution in [1.29, 1.82) is 0 Å². The van der Waals surface area contributed by atoms with E-state index in [1.807, 2.05) is 18.2 Å². The standard InChI is InChI=1S/C23H26Cl3N3O2/c1-15(28-23(31)18-5-6-20(25)21(26)12-18)22(30)27-13-16-7-9-29(10-8-16)14-17-3-2-4-19(24)11-17/h2-6,11-12,15-16H,7-10,13-14H2,1H3,(H,27,30)(H,28,31)/t15-/m0/s1. The van der Waals surface area contributed by atoms with Crippen LogP contribution < -0.4 is 10.6 Å². The highest BCUT2D eigenvalue weighted by Crippen LogP contribution is 2.23. The van der Waals surface area contributed by atoms with Crippen LogP contribution in [0.2, 0.25) is 15.1 Å². The Balaban J connectivity index is 1.39. The molecule has 1 saturated heterocycles. The number of hydrogen-bond acceptors (Lipinski definition) is 3. The number of halogens is 3. The average molecular weight is 483 g/mol. The second-order valence-corrected chi connectivity index (χ2v) is 9.17. The maximum atomic E-state index is 12.4. The third-order valence-corrected chi connectivity index (χ3v) is 6.46. The fraction of sp³-hybridized carbons (Fsp3) is 0.391. The molecule has 3 rings (SSSR count). The van der Waals surface area contributed by atoms with Crippen LogP contribution in [0.3, 0.4) is 0 Å². The molecule has 1 aliphatic heterocycles. The highest BCUT2D eigenvalue weighted by Gasteiger charge is 2.22. The van der Waals surface area contributed by atoms with Crippen molar-refractivity contribution in [2.75, 3.05) is 19.6 Å². The Kier molecular flexibility index (Phi) is 8.61. The summed E-state index contributed by atoms with van der Waals surface area (Å²) in [5.74, 6) is -0.136. The molecule has 166 valence electrons. The van der Waals surface area contributed by atoms with Gasteiger partial charge in [0.1, 0.15) is 6.04 Å². The molecule has 2 N–H and O–H groups in total. The second kappa shape index (κ2) is 11.2. The molecule has 2 amide bonds. The van der Waals surface area contributed by atoms with Crippen molar-refractivity contribution in [1.82, 2.24) is 15.5 Å². The lowest BCUT2D eigenvalue weighted by Gasteiger charge is -2.32. The van der Waals surface area contributed by atoms with Crippen molar-refractivity contribution in [2.24, 2.45) is 5.92 Å². The van der Waals surface area contributed by atoms with Gasteiger partial charge in [-0.3, -0.25) is 14.5 Å². The smallest absolute Gasteiger partial charge is 0.251 e. The molecule has 0 unspecified atom stereocenters. The van der Waals surface area contributed by atoms with E-state index in [0.717, 1.165) is 37.5 Å². The summed E-state index contributed by atoms with van der Waals surface area (Å²) >= 11 is 17.9. The number of amides is 2. The Bertz CT molecular complexity index is 930. The number of hydrogen-bond donors (Lipinski definition) is 2. The minimum absolute atomic E-state index is 0.199. The van der Waals surface area contributed by atoms with Crippen molar-refractivity contribution in [2.45, 2.75) is 32.4 Å². The molecule has 0 aromatic heterocycles. The first-order valence-electron chi connectivity index (χ1n) is 10.3. The molecule has 1 atom stereocenters. The molecule has 1 aliphatic rings. The van der Waals surface area contributed by atoms with Gasteiger partial charge < -0.3 is 10.6 Å². The number of nitrogens with one attached hydrogen (secondary N) is 2. The highest BCUT2D eigenvalue weighted by atomic mass is 35.5. The Morgan fingerprint density at radius 1 is 1.06 bits per heavy atom. The van der Waals surface area contributed by atoms with Gasteiger partial charge in [0.15, 0.2) is 0 Å². The molecule has 0 spiro atoms. The third kappa shape index (κ3) is 7.11. The summed E-state index contributed by atoms with van der Waals surface area (Å²) in [4.78, 5) is 27.2. The van der Waals surface area contributed by atoms with Crippen molar-refractivity contribution >= 4 is 46.6 Å². The predicted molar refractivity (Wildman–Crippen MR) is 126 cm³/mol. The fourth-order valence-electron chi connectivity index (χ4n) is 3.62. The van der Waals surface area contributed by atoms with Gasteiger partial charge in [0, 0.05) is 23.7 Å². The molecule has 0 saturated carbocycles. The maximum absolute atomic E-state index is 12.4. The average Bonchev–Trinajstić information content (AvgIpc) is 2.75. The largest absolute Gasteiger partial charge is 0.354 e. The minimum Gasteiger partial charge on any atom is -0.354 e. The van der Waals surface area contributed by atoms with Gasteiger partial charge in [0.05, 0.1) is 10.0 Å². The molecule has 8 heteroatoms. The molecule has 2 aromatic rings. The lowest BCUT2D eigenvalue weighted by molar-refractivity contribution is -0.122. The van der Waals surface area contributed by atoms with E-state index in [-0.39, 0.29) is 11.8 Å². The van der Waals surface area contributed by atoms with E-state index >= 15 is 0 Å². The summed E-state index contributed by atoms with van der Waals surface area (Å²) in [5.41, 5.74) is 1.58. The summed E-state index contributed by atoms with van der Waals surface area (Å²) in [5, 5.41) is 7.10. The van der Waals surface area contributed by atoms with Crippen molar-refractivity contribution in [3.63, 3.8) is 0 Å². The van der Waals surface area contributed by atoms with Crippen molar-refractivity contribution in [3.8, 4) is 0 Å². The first-order valence-corrected chi connectivity index (χ1v) is 11.5. The zero-order valence-electron chi connectivity index (χ0n) is 17.3. The number of nitrogens with zero attached hydrogens (tertiary/aromatic N) is 1. The number of carbonyl (C=O) groups is 2. The number of rotatable bonds is 7. The maximum Gasteiger partial charge on any atom is 0.251 e. The number of benzene rings is 2. The molecule has 2 aromatic carbocycles. The van der Waals surface area contributed by atoms with Gasteiger partial charge >= 0.3 is 0 Å². The van der Waals surface area contributed by atoms with Crippen LogP contribution in [0.15, 0.2) is 42.5 Å². The number of carbonyl (C=O) groups excluding carboxylic acids is 2. The van der Waals surface area contributed by atoms with Gasteiger partial charge in [-0.05, 0) is 74.7 Å². The normalized spacial score (nSPS) is 16.0. The van der Waals surface area contributed by atoms with E-state index in [1.165, 1.54) is 11.6 Å². The minimum atomic E-state index is -0.648. The molecular weight excluding hydrogens is 457 g/mol. The quantitative estimate of drug-likeness (QED) is 0.596. The lowest BCUT2D eigenvalue weighted by Crippen LogP contribution is -2.47. The van der Waals surface area contributed by atoms with Crippen LogP contribution in [0.5, 0.6) is 0 Å². The van der Waals surface area contributed by atoms with Crippen LogP contribution in [0, 0.1) is 5.92 Å². The van der Waals surface area contributed by atoms with Gasteiger partial charge in [-0.15, -0.1) is 0 Å². The highest BCUT2D eigenvalue weighted by molar-refractivity contribution is 6.42. The van der Waals surface area contributed by atoms with E-state index in [1.54, 1.807) is 19.1 Å². The van der Waals surface area contributed by atoms with Crippen LogP contribution in [0.1, 0.15) is 35.7 Å². The zero-order valence-corrected chi connectivity index (χ0v) is 19.6. The van der Waals surface area contributed by atoms with Gasteiger partial charge in [-0.1, -0.05) is 46.9 Å². The third-order valence-electron chi connectivity index (χ3n) is 5.49. The van der Waals surface area contributed by atoms with Gasteiger partial charge in [-0.2, -0.15) is 0 Å². The Morgan fingerprint density at radius 3 is 2.48 bits per heavy atom. The van der Waals surface area contributed by atoms with Crippen molar-refractivity contribution < 1.29 is 9.59 Å². The second-order valence-electron chi connectivity index (χ2n) is 7.92. The van der Waals surface area contributed by atoms with E-state index in [9.17, 15) is 9.59 Å². The van der Waals surface area contributed by atoms with Gasteiger partial charge in [0.2, 0.25) is 5.91 Å². The molecule has 1 heterocycles. The molecule has 31 heavy (non-hydrogen) atoms. The van der Waals surface area contributed by atoms with Crippen molar-refractivity contribution in [3.05, 3.63) is 68.7 Å². The summed E-state index contributed by atoms with van der Waals surface area (Å²) in [6.45, 7) is 5.12. The first kappa shape index (κ1) is 23.9. The molecule has 0 radical (unpaired) electrons. The lowest BCUT2D eigenvalue weighted by atomic mass is 9.96. The van der Waals surface area contributed by atoms with E-state index in [2.05, 4.69) is 21.6 Å². The van der Waals surface area contributed by atoms with Gasteiger partial charge in [-0.25, -0.2) is 0 Å². The summed E-state index contributed by atoms with van der Waals surface area (Å²) in [6, 6.07) is 11.9. The number of likely N-dealkylation sites (tertiary alicyclic amines) is 1. The topological polar surface area (TPSA) is 61.4 Å². The fourth-order valence-corrected chi connectivity index (χ4v) is 4.13. The molecular formula is C23H26Cl3N3O2. The summed E-state index contributed by atoms with van der Waals surface area (Å²) < 4.78 is 0. The first-order chi connectivity index (χ1) is 14.8. The predicted octanol–water partition coefficient (Wildman–Crippen LogP) is 4.79. The van der Waals surface area contributed by atoms with Crippen LogP contribution >= 0.6 is 34.8 Å².